The smallest absolute Gasteiger partial charge is 0.230 e. The minimum atomic E-state index is -0.177. The number of amides is 1. The Morgan fingerprint density at radius 1 is 1.14 bits per heavy atom. The number of carbonyl (C=O) groups is 1. The van der Waals surface area contributed by atoms with Gasteiger partial charge in [-0.15, -0.1) is 11.8 Å². The maximum absolute atomic E-state index is 12.3. The molecule has 2 aromatic carbocycles. The summed E-state index contributed by atoms with van der Waals surface area (Å²) in [5.74, 6) is 3.25. The van der Waals surface area contributed by atoms with Gasteiger partial charge in [-0.25, -0.2) is 0 Å². The highest BCUT2D eigenvalue weighted by Gasteiger charge is 2.15. The fourth-order valence-electron chi connectivity index (χ4n) is 3.00. The first-order valence-corrected chi connectivity index (χ1v) is 10.2. The molecule has 0 saturated heterocycles. The number of benzene rings is 2. The van der Waals surface area contributed by atoms with Crippen LogP contribution >= 0.6 is 11.8 Å². The van der Waals surface area contributed by atoms with Gasteiger partial charge in [-0.05, 0) is 49.2 Å². The summed E-state index contributed by atoms with van der Waals surface area (Å²) in [6.45, 7) is 3.96. The zero-order chi connectivity index (χ0) is 20.1. The van der Waals surface area contributed by atoms with Gasteiger partial charge in [0.15, 0.2) is 11.5 Å². The molecular formula is C22H25NO4S. The molecular weight excluding hydrogens is 374 g/mol. The van der Waals surface area contributed by atoms with Crippen LogP contribution in [0.1, 0.15) is 29.9 Å². The highest BCUT2D eigenvalue weighted by Crippen LogP contribution is 2.32. The Bertz CT molecular complexity index is 933. The standard InChI is InChI=1S/C22H25NO4S/c1-14-9-20(25-3)21(26-4)11-17(14)12-28-13-22(24)23-15(2)19-10-16-7-5-6-8-18(16)27-19/h5-11,15H,12-13H2,1-4H3,(H,23,24)/t15-/m1/s1. The van der Waals surface area contributed by atoms with Gasteiger partial charge in [0, 0.05) is 11.1 Å². The molecule has 1 atom stereocenters. The third-order valence-electron chi connectivity index (χ3n) is 4.58. The molecule has 0 aliphatic heterocycles. The van der Waals surface area contributed by atoms with Crippen LogP contribution in [-0.4, -0.2) is 25.9 Å². The third-order valence-corrected chi connectivity index (χ3v) is 5.56. The van der Waals surface area contributed by atoms with Crippen molar-refractivity contribution in [2.45, 2.75) is 25.6 Å². The molecule has 3 rings (SSSR count). The molecule has 6 heteroatoms. The van der Waals surface area contributed by atoms with E-state index in [9.17, 15) is 4.79 Å². The molecule has 1 amide bonds. The minimum Gasteiger partial charge on any atom is -0.493 e. The number of hydrogen-bond acceptors (Lipinski definition) is 5. The van der Waals surface area contributed by atoms with Crippen molar-refractivity contribution >= 4 is 28.6 Å². The Balaban J connectivity index is 1.54. The number of para-hydroxylation sites is 1. The maximum atomic E-state index is 12.3. The van der Waals surface area contributed by atoms with Crippen LogP contribution < -0.4 is 14.8 Å². The van der Waals surface area contributed by atoms with Crippen LogP contribution in [0.4, 0.5) is 0 Å². The molecule has 0 spiro atoms. The van der Waals surface area contributed by atoms with E-state index >= 15 is 0 Å². The van der Waals surface area contributed by atoms with E-state index in [2.05, 4.69) is 5.32 Å². The van der Waals surface area contributed by atoms with E-state index in [1.807, 2.05) is 56.3 Å². The van der Waals surface area contributed by atoms with Gasteiger partial charge in [0.05, 0.1) is 26.0 Å². The van der Waals surface area contributed by atoms with Crippen LogP contribution in [0.25, 0.3) is 11.0 Å². The van der Waals surface area contributed by atoms with Crippen LogP contribution in [0.3, 0.4) is 0 Å². The van der Waals surface area contributed by atoms with Gasteiger partial charge in [0.2, 0.25) is 5.91 Å². The lowest BCUT2D eigenvalue weighted by atomic mass is 10.1. The largest absolute Gasteiger partial charge is 0.493 e. The number of aryl methyl sites for hydroxylation is 1. The van der Waals surface area contributed by atoms with Gasteiger partial charge in [0.1, 0.15) is 11.3 Å². The van der Waals surface area contributed by atoms with E-state index in [1.165, 1.54) is 0 Å². The molecule has 1 aromatic heterocycles. The molecule has 1 N–H and O–H groups in total. The molecule has 28 heavy (non-hydrogen) atoms. The molecule has 148 valence electrons. The molecule has 0 unspecified atom stereocenters. The molecule has 0 bridgehead atoms. The van der Waals surface area contributed by atoms with Crippen LogP contribution in [0.2, 0.25) is 0 Å². The number of ether oxygens (including phenoxy) is 2. The quantitative estimate of drug-likeness (QED) is 0.586. The van der Waals surface area contributed by atoms with Crippen molar-refractivity contribution < 1.29 is 18.7 Å². The Hall–Kier alpha value is -2.60. The van der Waals surface area contributed by atoms with Crippen molar-refractivity contribution in [2.75, 3.05) is 20.0 Å². The lowest BCUT2D eigenvalue weighted by Crippen LogP contribution is -2.28. The Morgan fingerprint density at radius 2 is 1.86 bits per heavy atom. The van der Waals surface area contributed by atoms with Crippen LogP contribution in [0, 0.1) is 6.92 Å². The Labute approximate surface area is 169 Å². The number of carbonyl (C=O) groups excluding carboxylic acids is 1. The fraction of sp³-hybridized carbons (Fsp3) is 0.318. The van der Waals surface area contributed by atoms with Gasteiger partial charge in [-0.3, -0.25) is 4.79 Å². The Morgan fingerprint density at radius 3 is 2.57 bits per heavy atom. The number of methoxy groups -OCH3 is 2. The highest BCUT2D eigenvalue weighted by atomic mass is 32.2. The van der Waals surface area contributed by atoms with Gasteiger partial charge < -0.3 is 19.2 Å². The summed E-state index contributed by atoms with van der Waals surface area (Å²) in [6.07, 6.45) is 0. The summed E-state index contributed by atoms with van der Waals surface area (Å²) in [7, 11) is 3.25. The second-order valence-corrected chi connectivity index (χ2v) is 7.59. The van der Waals surface area contributed by atoms with E-state index in [0.717, 1.165) is 33.6 Å². The predicted molar refractivity (Wildman–Crippen MR) is 113 cm³/mol. The van der Waals surface area contributed by atoms with E-state index in [-0.39, 0.29) is 11.9 Å². The zero-order valence-electron chi connectivity index (χ0n) is 16.6. The summed E-state index contributed by atoms with van der Waals surface area (Å²) in [5, 5.41) is 4.04. The van der Waals surface area contributed by atoms with Crippen molar-refractivity contribution in [3.05, 3.63) is 59.4 Å². The minimum absolute atomic E-state index is 0.0175. The van der Waals surface area contributed by atoms with Gasteiger partial charge in [-0.2, -0.15) is 0 Å². The van der Waals surface area contributed by atoms with Crippen molar-refractivity contribution in [1.82, 2.24) is 5.32 Å². The Kier molecular flexibility index (Phi) is 6.52. The summed E-state index contributed by atoms with van der Waals surface area (Å²) in [5.41, 5.74) is 3.07. The second kappa shape index (κ2) is 9.06. The first-order chi connectivity index (χ1) is 13.5. The number of hydrogen-bond donors (Lipinski definition) is 1. The van der Waals surface area contributed by atoms with E-state index < -0.39 is 0 Å². The second-order valence-electron chi connectivity index (χ2n) is 6.60. The summed E-state index contributed by atoms with van der Waals surface area (Å²) in [4.78, 5) is 12.3. The van der Waals surface area contributed by atoms with Crippen molar-refractivity contribution in [2.24, 2.45) is 0 Å². The molecule has 0 radical (unpaired) electrons. The van der Waals surface area contributed by atoms with Crippen LogP contribution in [0.15, 0.2) is 46.9 Å². The van der Waals surface area contributed by atoms with Crippen molar-refractivity contribution in [1.29, 1.82) is 0 Å². The molecule has 0 fully saturated rings. The van der Waals surface area contributed by atoms with E-state index in [1.54, 1.807) is 26.0 Å². The molecule has 5 nitrogen and oxygen atoms in total. The average molecular weight is 400 g/mol. The first-order valence-electron chi connectivity index (χ1n) is 9.09. The fourth-order valence-corrected chi connectivity index (χ4v) is 3.90. The van der Waals surface area contributed by atoms with Gasteiger partial charge in [-0.1, -0.05) is 18.2 Å². The van der Waals surface area contributed by atoms with Gasteiger partial charge in [0.25, 0.3) is 0 Å². The normalized spacial score (nSPS) is 12.0. The van der Waals surface area contributed by atoms with Crippen molar-refractivity contribution in [3.63, 3.8) is 0 Å². The molecule has 3 aromatic rings. The summed E-state index contributed by atoms with van der Waals surface area (Å²) < 4.78 is 16.5. The first kappa shape index (κ1) is 20.1. The number of nitrogens with one attached hydrogen (secondary N) is 1. The van der Waals surface area contributed by atoms with Crippen LogP contribution in [0.5, 0.6) is 11.5 Å². The van der Waals surface area contributed by atoms with Crippen molar-refractivity contribution in [3.8, 4) is 11.5 Å². The maximum Gasteiger partial charge on any atom is 0.230 e. The topological polar surface area (TPSA) is 60.7 Å². The average Bonchev–Trinajstić information content (AvgIpc) is 3.13. The predicted octanol–water partition coefficient (Wildman–Crippen LogP) is 4.87. The van der Waals surface area contributed by atoms with E-state index in [0.29, 0.717) is 17.3 Å². The molecule has 0 aliphatic rings. The molecule has 0 aliphatic carbocycles. The zero-order valence-corrected chi connectivity index (χ0v) is 17.4. The molecule has 0 saturated carbocycles. The SMILES string of the molecule is COc1cc(C)c(CSCC(=O)N[C@H](C)c2cc3ccccc3o2)cc1OC. The third kappa shape index (κ3) is 4.62. The number of furan rings is 1. The molecule has 1 heterocycles. The number of fused-ring (bicyclic) bond motifs is 1. The highest BCUT2D eigenvalue weighted by molar-refractivity contribution is 7.99. The summed E-state index contributed by atoms with van der Waals surface area (Å²) >= 11 is 1.56. The monoisotopic (exact) mass is 399 g/mol. The van der Waals surface area contributed by atoms with Crippen LogP contribution in [-0.2, 0) is 10.5 Å². The number of thioether (sulfide) groups is 1. The lowest BCUT2D eigenvalue weighted by Gasteiger charge is -2.13. The summed E-state index contributed by atoms with van der Waals surface area (Å²) in [6, 6.07) is 13.5. The van der Waals surface area contributed by atoms with Gasteiger partial charge >= 0.3 is 0 Å². The number of rotatable bonds is 8. The van der Waals surface area contributed by atoms with E-state index in [4.69, 9.17) is 13.9 Å². The lowest BCUT2D eigenvalue weighted by molar-refractivity contribution is -0.119.